The van der Waals surface area contributed by atoms with Gasteiger partial charge in [0.1, 0.15) is 0 Å². The lowest BCUT2D eigenvalue weighted by molar-refractivity contribution is 0.0789. The summed E-state index contributed by atoms with van der Waals surface area (Å²) < 4.78 is 1.43. The second kappa shape index (κ2) is 8.90. The maximum Gasteiger partial charge on any atom is 0.255 e. The predicted molar refractivity (Wildman–Crippen MR) is 127 cm³/mol. The van der Waals surface area contributed by atoms with E-state index in [0.717, 1.165) is 41.9 Å². The predicted octanol–water partition coefficient (Wildman–Crippen LogP) is 2.94. The fraction of sp³-hybridized carbons (Fsp3) is 0.280. The number of aromatic amines is 1. The number of aryl methyl sites for hydroxylation is 1. The maximum absolute atomic E-state index is 12.9. The van der Waals surface area contributed by atoms with Crippen LogP contribution >= 0.6 is 0 Å². The largest absolute Gasteiger partial charge is 0.368 e. The summed E-state index contributed by atoms with van der Waals surface area (Å²) in [5.74, 6) is 0.919. The van der Waals surface area contributed by atoms with Gasteiger partial charge in [-0.25, -0.2) is 4.98 Å². The van der Waals surface area contributed by atoms with Crippen LogP contribution in [-0.2, 0) is 13.5 Å². The Morgan fingerprint density at radius 2 is 2.00 bits per heavy atom. The number of fused-ring (bicyclic) bond motifs is 1. The highest BCUT2D eigenvalue weighted by molar-refractivity contribution is 5.94. The third kappa shape index (κ3) is 4.37. The van der Waals surface area contributed by atoms with Gasteiger partial charge in [-0.05, 0) is 36.6 Å². The summed E-state index contributed by atoms with van der Waals surface area (Å²) in [6.07, 6.45) is 3.37. The summed E-state index contributed by atoms with van der Waals surface area (Å²) in [5, 5.41) is 11.8. The van der Waals surface area contributed by atoms with Crippen LogP contribution in [0.15, 0.2) is 65.6 Å². The van der Waals surface area contributed by atoms with Crippen molar-refractivity contribution in [3.63, 3.8) is 0 Å². The Labute approximate surface area is 191 Å². The van der Waals surface area contributed by atoms with Gasteiger partial charge in [-0.15, -0.1) is 0 Å². The molecule has 4 aromatic rings. The van der Waals surface area contributed by atoms with Crippen LogP contribution in [0.5, 0.6) is 0 Å². The summed E-state index contributed by atoms with van der Waals surface area (Å²) in [6.45, 7) is 2.06. The summed E-state index contributed by atoms with van der Waals surface area (Å²) in [7, 11) is 1.65. The van der Waals surface area contributed by atoms with Crippen LogP contribution in [0.25, 0.3) is 11.0 Å². The first kappa shape index (κ1) is 20.9. The average Bonchev–Trinajstić information content (AvgIpc) is 3.48. The van der Waals surface area contributed by atoms with Gasteiger partial charge in [-0.1, -0.05) is 30.3 Å². The lowest BCUT2D eigenvalue weighted by Crippen LogP contribution is -2.30. The molecule has 0 spiro atoms. The average molecular weight is 443 g/mol. The zero-order valence-corrected chi connectivity index (χ0v) is 18.5. The van der Waals surface area contributed by atoms with Gasteiger partial charge < -0.3 is 14.8 Å². The van der Waals surface area contributed by atoms with Crippen molar-refractivity contribution < 1.29 is 4.79 Å². The number of nitrogens with one attached hydrogen (secondary N) is 2. The zero-order chi connectivity index (χ0) is 22.8. The number of benzene rings is 1. The molecule has 1 aromatic carbocycles. The molecule has 33 heavy (non-hydrogen) atoms. The van der Waals surface area contributed by atoms with Crippen LogP contribution in [0.2, 0.25) is 0 Å². The van der Waals surface area contributed by atoms with E-state index in [4.69, 9.17) is 4.98 Å². The molecule has 8 nitrogen and oxygen atoms in total. The van der Waals surface area contributed by atoms with Gasteiger partial charge >= 0.3 is 0 Å². The summed E-state index contributed by atoms with van der Waals surface area (Å²) in [4.78, 5) is 31.1. The van der Waals surface area contributed by atoms with Crippen molar-refractivity contribution >= 4 is 22.8 Å². The van der Waals surface area contributed by atoms with E-state index in [1.165, 1.54) is 16.2 Å². The first-order valence-electron chi connectivity index (χ1n) is 11.2. The number of carbonyl (C=O) groups excluding carboxylic acids is 1. The third-order valence-corrected chi connectivity index (χ3v) is 6.22. The first-order valence-corrected chi connectivity index (χ1v) is 11.2. The first-order chi connectivity index (χ1) is 16.1. The number of rotatable bonds is 6. The minimum atomic E-state index is -0.128. The van der Waals surface area contributed by atoms with Crippen LogP contribution in [-0.4, -0.2) is 50.2 Å². The molecule has 0 saturated carbocycles. The fourth-order valence-electron chi connectivity index (χ4n) is 4.34. The normalized spacial score (nSPS) is 15.8. The topological polar surface area (TPSA) is 95.9 Å². The molecule has 0 aliphatic carbocycles. The highest BCUT2D eigenvalue weighted by atomic mass is 16.2. The van der Waals surface area contributed by atoms with E-state index < -0.39 is 0 Å². The van der Waals surface area contributed by atoms with E-state index in [9.17, 15) is 9.59 Å². The van der Waals surface area contributed by atoms with Gasteiger partial charge in [-0.3, -0.25) is 14.7 Å². The zero-order valence-electron chi connectivity index (χ0n) is 18.5. The molecule has 5 rings (SSSR count). The second-order valence-electron chi connectivity index (χ2n) is 8.47. The SMILES string of the molecule is Cn1cc(C(=O)N2CCC(c3ccc4c(NCCc5ccccc5)n[nH]c4n3)C2)ccc1=O. The number of hydrogen-bond acceptors (Lipinski definition) is 5. The Morgan fingerprint density at radius 1 is 1.15 bits per heavy atom. The van der Waals surface area contributed by atoms with Gasteiger partial charge in [0.2, 0.25) is 5.56 Å². The van der Waals surface area contributed by atoms with Crippen LogP contribution in [0.4, 0.5) is 5.82 Å². The third-order valence-electron chi connectivity index (χ3n) is 6.22. The Balaban J connectivity index is 1.24. The highest BCUT2D eigenvalue weighted by Gasteiger charge is 2.29. The summed E-state index contributed by atoms with van der Waals surface area (Å²) >= 11 is 0. The van der Waals surface area contributed by atoms with Crippen molar-refractivity contribution in [2.24, 2.45) is 7.05 Å². The molecule has 168 valence electrons. The number of nitrogens with zero attached hydrogens (tertiary/aromatic N) is 4. The molecule has 1 unspecified atom stereocenters. The minimum Gasteiger partial charge on any atom is -0.368 e. The lowest BCUT2D eigenvalue weighted by atomic mass is 10.0. The maximum atomic E-state index is 12.9. The van der Waals surface area contributed by atoms with Gasteiger partial charge in [0.05, 0.1) is 10.9 Å². The van der Waals surface area contributed by atoms with Crippen molar-refractivity contribution in [3.05, 3.63) is 88.0 Å². The molecule has 1 aliphatic heterocycles. The number of hydrogen-bond donors (Lipinski definition) is 2. The van der Waals surface area contributed by atoms with E-state index in [1.54, 1.807) is 19.3 Å². The lowest BCUT2D eigenvalue weighted by Gasteiger charge is -2.17. The van der Waals surface area contributed by atoms with E-state index >= 15 is 0 Å². The van der Waals surface area contributed by atoms with E-state index in [1.807, 2.05) is 35.2 Å². The Hall–Kier alpha value is -3.94. The van der Waals surface area contributed by atoms with Crippen LogP contribution < -0.4 is 10.9 Å². The molecule has 1 amide bonds. The highest BCUT2D eigenvalue weighted by Crippen LogP contribution is 2.29. The quantitative estimate of drug-likeness (QED) is 0.479. The van der Waals surface area contributed by atoms with Crippen LogP contribution in [0.3, 0.4) is 0 Å². The van der Waals surface area contributed by atoms with Gasteiger partial charge in [0.25, 0.3) is 5.91 Å². The number of likely N-dealkylation sites (tertiary alicyclic amines) is 1. The molecule has 4 heterocycles. The molecular weight excluding hydrogens is 416 g/mol. The molecule has 8 heteroatoms. The van der Waals surface area contributed by atoms with Crippen molar-refractivity contribution in [2.45, 2.75) is 18.8 Å². The number of amides is 1. The molecule has 1 aliphatic rings. The van der Waals surface area contributed by atoms with Crippen molar-refractivity contribution in [1.82, 2.24) is 24.6 Å². The number of pyridine rings is 2. The Bertz CT molecular complexity index is 1340. The van der Waals surface area contributed by atoms with Gasteiger partial charge in [-0.2, -0.15) is 5.10 Å². The molecular formula is C25H26N6O2. The number of carbonyl (C=O) groups is 1. The van der Waals surface area contributed by atoms with Crippen LogP contribution in [0, 0.1) is 0 Å². The van der Waals surface area contributed by atoms with Crippen molar-refractivity contribution in [3.8, 4) is 0 Å². The minimum absolute atomic E-state index is 0.0550. The monoisotopic (exact) mass is 442 g/mol. The smallest absolute Gasteiger partial charge is 0.255 e. The van der Waals surface area contributed by atoms with Gasteiger partial charge in [0.15, 0.2) is 11.5 Å². The molecule has 0 radical (unpaired) electrons. The standard InChI is InChI=1S/C25H26N6O2/c1-30-15-19(7-10-22(30)32)25(33)31-14-12-18(16-31)21-9-8-20-23(28-29-24(20)27-21)26-13-11-17-5-3-2-4-6-17/h2-10,15,18H,11-14,16H2,1H3,(H2,26,27,28,29). The van der Waals surface area contributed by atoms with E-state index in [0.29, 0.717) is 18.7 Å². The van der Waals surface area contributed by atoms with E-state index in [2.05, 4.69) is 27.6 Å². The Kier molecular flexibility index (Phi) is 5.64. The molecule has 1 saturated heterocycles. The van der Waals surface area contributed by atoms with E-state index in [-0.39, 0.29) is 17.4 Å². The molecule has 1 fully saturated rings. The molecule has 3 aromatic heterocycles. The van der Waals surface area contributed by atoms with Crippen molar-refractivity contribution in [2.75, 3.05) is 25.0 Å². The molecule has 0 bridgehead atoms. The van der Waals surface area contributed by atoms with Gasteiger partial charge in [0, 0.05) is 50.6 Å². The van der Waals surface area contributed by atoms with Crippen LogP contribution in [0.1, 0.15) is 34.0 Å². The summed E-state index contributed by atoms with van der Waals surface area (Å²) in [5.41, 5.74) is 3.39. The number of aromatic nitrogens is 4. The fourth-order valence-corrected chi connectivity index (χ4v) is 4.34. The molecule has 2 N–H and O–H groups in total. The number of anilines is 1. The Morgan fingerprint density at radius 3 is 2.82 bits per heavy atom. The summed E-state index contributed by atoms with van der Waals surface area (Å²) in [6, 6.07) is 17.5. The van der Waals surface area contributed by atoms with Crippen molar-refractivity contribution in [1.29, 1.82) is 0 Å². The second-order valence-corrected chi connectivity index (χ2v) is 8.47. The number of H-pyrrole nitrogens is 1. The molecule has 1 atom stereocenters.